The van der Waals surface area contributed by atoms with E-state index in [1.165, 1.54) is 24.0 Å². The molecule has 2 nitrogen and oxygen atoms in total. The largest absolute Gasteiger partial charge is 0.313 e. The van der Waals surface area contributed by atoms with Gasteiger partial charge in [-0.1, -0.05) is 12.1 Å². The SMILES string of the molecule is CNC(CCN(C)C1CCSC1)c1cccc(F)c1. The zero-order valence-electron chi connectivity index (χ0n) is 11.7. The van der Waals surface area contributed by atoms with Crippen LogP contribution in [0.5, 0.6) is 0 Å². The van der Waals surface area contributed by atoms with Crippen LogP contribution in [0.1, 0.15) is 24.4 Å². The minimum absolute atomic E-state index is 0.154. The lowest BCUT2D eigenvalue weighted by Crippen LogP contribution is -2.34. The van der Waals surface area contributed by atoms with Crippen LogP contribution in [-0.4, -0.2) is 43.1 Å². The van der Waals surface area contributed by atoms with Gasteiger partial charge in [0.25, 0.3) is 0 Å². The van der Waals surface area contributed by atoms with Gasteiger partial charge in [-0.3, -0.25) is 0 Å². The van der Waals surface area contributed by atoms with Crippen LogP contribution in [0.25, 0.3) is 0 Å². The fraction of sp³-hybridized carbons (Fsp3) is 0.600. The van der Waals surface area contributed by atoms with Crippen LogP contribution in [0.15, 0.2) is 24.3 Å². The molecule has 1 saturated heterocycles. The Morgan fingerprint density at radius 2 is 2.37 bits per heavy atom. The normalized spacial score (nSPS) is 20.9. The van der Waals surface area contributed by atoms with E-state index >= 15 is 0 Å². The number of hydrogen-bond acceptors (Lipinski definition) is 3. The van der Waals surface area contributed by atoms with Gasteiger partial charge in [0.1, 0.15) is 5.82 Å². The van der Waals surface area contributed by atoms with Gasteiger partial charge >= 0.3 is 0 Å². The summed E-state index contributed by atoms with van der Waals surface area (Å²) in [5.74, 6) is 2.38. The number of halogens is 1. The summed E-state index contributed by atoms with van der Waals surface area (Å²) in [7, 11) is 4.15. The third kappa shape index (κ3) is 4.20. The minimum Gasteiger partial charge on any atom is -0.313 e. The summed E-state index contributed by atoms with van der Waals surface area (Å²) in [5.41, 5.74) is 1.04. The van der Waals surface area contributed by atoms with Gasteiger partial charge in [-0.2, -0.15) is 11.8 Å². The molecule has 0 radical (unpaired) electrons. The first-order valence-corrected chi connectivity index (χ1v) is 8.07. The first-order valence-electron chi connectivity index (χ1n) is 6.91. The lowest BCUT2D eigenvalue weighted by molar-refractivity contribution is 0.248. The van der Waals surface area contributed by atoms with Crippen LogP contribution in [-0.2, 0) is 0 Å². The standard InChI is InChI=1S/C15H23FN2S/c1-17-15(12-4-3-5-13(16)10-12)6-8-18(2)14-7-9-19-11-14/h3-5,10,14-15,17H,6-9,11H2,1-2H3. The van der Waals surface area contributed by atoms with Gasteiger partial charge in [0, 0.05) is 17.8 Å². The van der Waals surface area contributed by atoms with Crippen LogP contribution in [0, 0.1) is 5.82 Å². The molecule has 1 aliphatic heterocycles. The Hall–Kier alpha value is -0.580. The Balaban J connectivity index is 1.88. The highest BCUT2D eigenvalue weighted by atomic mass is 32.2. The zero-order chi connectivity index (χ0) is 13.7. The topological polar surface area (TPSA) is 15.3 Å². The minimum atomic E-state index is -0.154. The summed E-state index contributed by atoms with van der Waals surface area (Å²) in [6, 6.07) is 7.86. The molecular weight excluding hydrogens is 259 g/mol. The Kier molecular flexibility index (Phi) is 5.67. The maximum absolute atomic E-state index is 13.3. The predicted molar refractivity (Wildman–Crippen MR) is 81.2 cm³/mol. The van der Waals surface area contributed by atoms with E-state index < -0.39 is 0 Å². The molecule has 0 bridgehead atoms. The van der Waals surface area contributed by atoms with Crippen LogP contribution in [0.4, 0.5) is 4.39 Å². The Bertz CT molecular complexity index is 393. The van der Waals surface area contributed by atoms with E-state index in [1.807, 2.05) is 24.9 Å². The molecule has 1 heterocycles. The van der Waals surface area contributed by atoms with E-state index in [1.54, 1.807) is 12.1 Å². The van der Waals surface area contributed by atoms with Gasteiger partial charge < -0.3 is 10.2 Å². The number of thioether (sulfide) groups is 1. The van der Waals surface area contributed by atoms with Crippen LogP contribution in [0.2, 0.25) is 0 Å². The average Bonchev–Trinajstić information content (AvgIpc) is 2.93. The first-order chi connectivity index (χ1) is 9.20. The molecule has 0 amide bonds. The van der Waals surface area contributed by atoms with Crippen molar-refractivity contribution in [2.45, 2.75) is 24.9 Å². The molecule has 1 aromatic carbocycles. The molecule has 1 aliphatic rings. The highest BCUT2D eigenvalue weighted by molar-refractivity contribution is 7.99. The summed E-state index contributed by atoms with van der Waals surface area (Å²) < 4.78 is 13.3. The van der Waals surface area contributed by atoms with Gasteiger partial charge in [0.2, 0.25) is 0 Å². The van der Waals surface area contributed by atoms with Crippen molar-refractivity contribution in [3.63, 3.8) is 0 Å². The van der Waals surface area contributed by atoms with Crippen molar-refractivity contribution in [2.24, 2.45) is 0 Å². The van der Waals surface area contributed by atoms with Crippen molar-refractivity contribution in [1.82, 2.24) is 10.2 Å². The first kappa shape index (κ1) is 14.8. The van der Waals surface area contributed by atoms with E-state index in [0.717, 1.165) is 24.6 Å². The van der Waals surface area contributed by atoms with Gasteiger partial charge in [-0.25, -0.2) is 4.39 Å². The van der Waals surface area contributed by atoms with Crippen molar-refractivity contribution in [3.05, 3.63) is 35.6 Å². The lowest BCUT2D eigenvalue weighted by Gasteiger charge is -2.26. The number of rotatable bonds is 6. The summed E-state index contributed by atoms with van der Waals surface area (Å²) in [5, 5.41) is 3.29. The van der Waals surface area contributed by atoms with Crippen molar-refractivity contribution < 1.29 is 4.39 Å². The van der Waals surface area contributed by atoms with E-state index in [9.17, 15) is 4.39 Å². The van der Waals surface area contributed by atoms with Crippen molar-refractivity contribution in [2.75, 3.05) is 32.1 Å². The molecule has 1 fully saturated rings. The molecule has 1 N–H and O–H groups in total. The number of nitrogens with zero attached hydrogens (tertiary/aromatic N) is 1. The number of nitrogens with one attached hydrogen (secondary N) is 1. The average molecular weight is 282 g/mol. The fourth-order valence-corrected chi connectivity index (χ4v) is 3.88. The molecule has 0 aliphatic carbocycles. The summed E-state index contributed by atoms with van der Waals surface area (Å²) in [6.07, 6.45) is 2.31. The van der Waals surface area contributed by atoms with E-state index in [4.69, 9.17) is 0 Å². The molecule has 4 heteroatoms. The Morgan fingerprint density at radius 3 is 3.00 bits per heavy atom. The Labute approximate surface area is 119 Å². The molecule has 19 heavy (non-hydrogen) atoms. The highest BCUT2D eigenvalue weighted by Crippen LogP contribution is 2.23. The smallest absolute Gasteiger partial charge is 0.123 e. The van der Waals surface area contributed by atoms with Crippen LogP contribution >= 0.6 is 11.8 Å². The second kappa shape index (κ2) is 7.27. The lowest BCUT2D eigenvalue weighted by atomic mass is 10.0. The molecule has 0 aromatic heterocycles. The van der Waals surface area contributed by atoms with Crippen LogP contribution < -0.4 is 5.32 Å². The third-order valence-corrected chi connectivity index (χ3v) is 5.04. The molecule has 106 valence electrons. The molecular formula is C15H23FN2S. The number of benzene rings is 1. The highest BCUT2D eigenvalue weighted by Gasteiger charge is 2.20. The van der Waals surface area contributed by atoms with E-state index in [-0.39, 0.29) is 11.9 Å². The van der Waals surface area contributed by atoms with Crippen molar-refractivity contribution in [3.8, 4) is 0 Å². The maximum Gasteiger partial charge on any atom is 0.123 e. The Morgan fingerprint density at radius 1 is 1.53 bits per heavy atom. The van der Waals surface area contributed by atoms with Gasteiger partial charge in [-0.15, -0.1) is 0 Å². The van der Waals surface area contributed by atoms with E-state index in [2.05, 4.69) is 17.3 Å². The van der Waals surface area contributed by atoms with Crippen molar-refractivity contribution in [1.29, 1.82) is 0 Å². The van der Waals surface area contributed by atoms with E-state index in [0.29, 0.717) is 0 Å². The molecule has 1 aromatic rings. The summed E-state index contributed by atoms with van der Waals surface area (Å²) >= 11 is 2.04. The molecule has 2 rings (SSSR count). The van der Waals surface area contributed by atoms with Gasteiger partial charge in [-0.05, 0) is 56.9 Å². The third-order valence-electron chi connectivity index (χ3n) is 3.90. The monoisotopic (exact) mass is 282 g/mol. The molecule has 0 spiro atoms. The summed E-state index contributed by atoms with van der Waals surface area (Å²) in [6.45, 7) is 1.05. The van der Waals surface area contributed by atoms with Gasteiger partial charge in [0.15, 0.2) is 0 Å². The second-order valence-electron chi connectivity index (χ2n) is 5.18. The quantitative estimate of drug-likeness (QED) is 0.863. The predicted octanol–water partition coefficient (Wildman–Crippen LogP) is 2.91. The molecule has 2 atom stereocenters. The second-order valence-corrected chi connectivity index (χ2v) is 6.33. The fourth-order valence-electron chi connectivity index (χ4n) is 2.59. The van der Waals surface area contributed by atoms with Crippen molar-refractivity contribution >= 4 is 11.8 Å². The maximum atomic E-state index is 13.3. The summed E-state index contributed by atoms with van der Waals surface area (Å²) in [4.78, 5) is 2.45. The molecule has 2 unspecified atom stereocenters. The molecule has 0 saturated carbocycles. The zero-order valence-corrected chi connectivity index (χ0v) is 12.5. The van der Waals surface area contributed by atoms with Gasteiger partial charge in [0.05, 0.1) is 0 Å². The van der Waals surface area contributed by atoms with Crippen LogP contribution in [0.3, 0.4) is 0 Å². The number of hydrogen-bond donors (Lipinski definition) is 1.